The smallest absolute Gasteiger partial charge is 0.233 e. The van der Waals surface area contributed by atoms with Crippen LogP contribution in [-0.2, 0) is 21.4 Å². The van der Waals surface area contributed by atoms with Gasteiger partial charge in [-0.2, -0.15) is 0 Å². The second kappa shape index (κ2) is 8.25. The normalized spacial score (nSPS) is 26.4. The van der Waals surface area contributed by atoms with Gasteiger partial charge in [0.15, 0.2) is 0 Å². The molecule has 4 rings (SSSR count). The summed E-state index contributed by atoms with van der Waals surface area (Å²) in [6, 6.07) is 16.3. The predicted molar refractivity (Wildman–Crippen MR) is 117 cm³/mol. The third-order valence-corrected chi connectivity index (χ3v) is 7.05. The fourth-order valence-electron chi connectivity index (χ4n) is 5.41. The molecule has 3 unspecified atom stereocenters. The van der Waals surface area contributed by atoms with Crippen LogP contribution < -0.4 is 4.74 Å². The minimum atomic E-state index is -0.416. The SMILES string of the molecule is COc1cccc(C23CC(=O)N(CCc4ccc(C)cc4)C(=O)C2CCC(C)C3)c1. The monoisotopic (exact) mass is 405 g/mol. The van der Waals surface area contributed by atoms with Gasteiger partial charge in [-0.3, -0.25) is 14.5 Å². The Hall–Kier alpha value is -2.62. The van der Waals surface area contributed by atoms with Crippen LogP contribution in [0.5, 0.6) is 5.75 Å². The van der Waals surface area contributed by atoms with Crippen LogP contribution in [0.3, 0.4) is 0 Å². The molecular formula is C26H31NO3. The van der Waals surface area contributed by atoms with E-state index < -0.39 is 5.41 Å². The predicted octanol–water partition coefficient (Wildman–Crippen LogP) is 4.68. The molecule has 3 atom stereocenters. The van der Waals surface area contributed by atoms with Crippen LogP contribution >= 0.6 is 0 Å². The largest absolute Gasteiger partial charge is 0.497 e. The molecule has 2 fully saturated rings. The van der Waals surface area contributed by atoms with Crippen LogP contribution in [0.25, 0.3) is 0 Å². The van der Waals surface area contributed by atoms with E-state index in [1.165, 1.54) is 10.5 Å². The lowest BCUT2D eigenvalue weighted by molar-refractivity contribution is -0.158. The minimum absolute atomic E-state index is 0.00748. The van der Waals surface area contributed by atoms with E-state index in [-0.39, 0.29) is 17.7 Å². The summed E-state index contributed by atoms with van der Waals surface area (Å²) in [7, 11) is 1.65. The third kappa shape index (κ3) is 3.76. The summed E-state index contributed by atoms with van der Waals surface area (Å²) in [6.45, 7) is 4.75. The second-order valence-corrected chi connectivity index (χ2v) is 9.12. The van der Waals surface area contributed by atoms with E-state index >= 15 is 0 Å². The van der Waals surface area contributed by atoms with Gasteiger partial charge >= 0.3 is 0 Å². The van der Waals surface area contributed by atoms with Crippen LogP contribution in [0.2, 0.25) is 0 Å². The number of hydrogen-bond acceptors (Lipinski definition) is 3. The Morgan fingerprint density at radius 2 is 1.87 bits per heavy atom. The number of carbonyl (C=O) groups is 2. The highest BCUT2D eigenvalue weighted by molar-refractivity contribution is 6.01. The van der Waals surface area contributed by atoms with Crippen molar-refractivity contribution in [2.24, 2.45) is 11.8 Å². The summed E-state index contributed by atoms with van der Waals surface area (Å²) in [5.41, 5.74) is 3.02. The third-order valence-electron chi connectivity index (χ3n) is 7.05. The van der Waals surface area contributed by atoms with Gasteiger partial charge in [-0.1, -0.05) is 48.9 Å². The first-order valence-corrected chi connectivity index (χ1v) is 11.0. The fraction of sp³-hybridized carbons (Fsp3) is 0.462. The van der Waals surface area contributed by atoms with Gasteiger partial charge in [0.1, 0.15) is 5.75 Å². The van der Waals surface area contributed by atoms with Crippen LogP contribution in [0, 0.1) is 18.8 Å². The molecule has 1 saturated heterocycles. The number of likely N-dealkylation sites (tertiary alicyclic amines) is 1. The van der Waals surface area contributed by atoms with Crippen molar-refractivity contribution in [1.82, 2.24) is 4.90 Å². The van der Waals surface area contributed by atoms with Gasteiger partial charge in [-0.15, -0.1) is 0 Å². The zero-order chi connectivity index (χ0) is 21.3. The van der Waals surface area contributed by atoms with E-state index in [1.807, 2.05) is 18.2 Å². The topological polar surface area (TPSA) is 46.6 Å². The lowest BCUT2D eigenvalue weighted by Gasteiger charge is -2.50. The van der Waals surface area contributed by atoms with E-state index in [0.29, 0.717) is 25.3 Å². The maximum absolute atomic E-state index is 13.6. The molecule has 1 aliphatic carbocycles. The summed E-state index contributed by atoms with van der Waals surface area (Å²) in [6.07, 6.45) is 3.84. The Morgan fingerprint density at radius 1 is 1.10 bits per heavy atom. The zero-order valence-electron chi connectivity index (χ0n) is 18.2. The highest BCUT2D eigenvalue weighted by Gasteiger charge is 2.54. The number of piperidine rings is 1. The number of hydrogen-bond donors (Lipinski definition) is 0. The van der Waals surface area contributed by atoms with E-state index in [1.54, 1.807) is 7.11 Å². The molecular weight excluding hydrogens is 374 g/mol. The van der Waals surface area contributed by atoms with Crippen LogP contribution in [0.1, 0.15) is 49.3 Å². The number of methoxy groups -OCH3 is 1. The average molecular weight is 406 g/mol. The number of imide groups is 1. The molecule has 0 bridgehead atoms. The van der Waals surface area contributed by atoms with Crippen molar-refractivity contribution >= 4 is 11.8 Å². The molecule has 0 spiro atoms. The molecule has 1 aliphatic heterocycles. The molecule has 4 nitrogen and oxygen atoms in total. The summed E-state index contributed by atoms with van der Waals surface area (Å²) in [4.78, 5) is 28.3. The van der Waals surface area contributed by atoms with Crippen LogP contribution in [0.15, 0.2) is 48.5 Å². The lowest BCUT2D eigenvalue weighted by atomic mass is 9.56. The molecule has 4 heteroatoms. The van der Waals surface area contributed by atoms with Gasteiger partial charge in [0.2, 0.25) is 11.8 Å². The van der Waals surface area contributed by atoms with Gasteiger partial charge in [-0.25, -0.2) is 0 Å². The number of amides is 2. The van der Waals surface area contributed by atoms with Gasteiger partial charge in [0.05, 0.1) is 7.11 Å². The second-order valence-electron chi connectivity index (χ2n) is 9.12. The average Bonchev–Trinajstić information content (AvgIpc) is 2.74. The van der Waals surface area contributed by atoms with Crippen molar-refractivity contribution in [2.75, 3.05) is 13.7 Å². The molecule has 2 aromatic carbocycles. The van der Waals surface area contributed by atoms with Gasteiger partial charge in [-0.05, 0) is 61.8 Å². The number of benzene rings is 2. The molecule has 30 heavy (non-hydrogen) atoms. The highest BCUT2D eigenvalue weighted by Crippen LogP contribution is 2.52. The minimum Gasteiger partial charge on any atom is -0.497 e. The van der Waals surface area contributed by atoms with Crippen molar-refractivity contribution in [2.45, 2.75) is 51.4 Å². The Kier molecular flexibility index (Phi) is 5.68. The number of carbonyl (C=O) groups excluding carboxylic acids is 2. The Bertz CT molecular complexity index is 936. The molecule has 2 amide bonds. The van der Waals surface area contributed by atoms with E-state index in [0.717, 1.165) is 36.1 Å². The first-order valence-electron chi connectivity index (χ1n) is 11.0. The van der Waals surface area contributed by atoms with Gasteiger partial charge < -0.3 is 4.74 Å². The molecule has 0 radical (unpaired) electrons. The molecule has 0 N–H and O–H groups in total. The number of ether oxygens (including phenoxy) is 1. The van der Waals surface area contributed by atoms with Crippen molar-refractivity contribution in [3.05, 3.63) is 65.2 Å². The number of rotatable bonds is 5. The molecule has 2 aliphatic rings. The molecule has 1 heterocycles. The van der Waals surface area contributed by atoms with E-state index in [9.17, 15) is 9.59 Å². The van der Waals surface area contributed by atoms with Gasteiger partial charge in [0, 0.05) is 24.3 Å². The maximum Gasteiger partial charge on any atom is 0.233 e. The highest BCUT2D eigenvalue weighted by atomic mass is 16.5. The quantitative estimate of drug-likeness (QED) is 0.679. The molecule has 1 saturated carbocycles. The summed E-state index contributed by atoms with van der Waals surface area (Å²) < 4.78 is 5.44. The van der Waals surface area contributed by atoms with Crippen molar-refractivity contribution in [3.8, 4) is 5.75 Å². The first kappa shape index (κ1) is 20.6. The summed E-state index contributed by atoms with van der Waals surface area (Å²) in [5, 5.41) is 0. The first-order chi connectivity index (χ1) is 14.4. The summed E-state index contributed by atoms with van der Waals surface area (Å²) in [5.74, 6) is 1.09. The van der Waals surface area contributed by atoms with E-state index in [2.05, 4.69) is 44.2 Å². The number of aryl methyl sites for hydroxylation is 1. The lowest BCUT2D eigenvalue weighted by Crippen LogP contribution is -2.58. The zero-order valence-corrected chi connectivity index (χ0v) is 18.2. The molecule has 0 aromatic heterocycles. The molecule has 2 aromatic rings. The van der Waals surface area contributed by atoms with Crippen molar-refractivity contribution in [1.29, 1.82) is 0 Å². The van der Waals surface area contributed by atoms with Crippen LogP contribution in [0.4, 0.5) is 0 Å². The summed E-state index contributed by atoms with van der Waals surface area (Å²) >= 11 is 0. The van der Waals surface area contributed by atoms with E-state index in [4.69, 9.17) is 4.74 Å². The van der Waals surface area contributed by atoms with Crippen molar-refractivity contribution < 1.29 is 14.3 Å². The number of nitrogens with zero attached hydrogens (tertiary/aromatic N) is 1. The Morgan fingerprint density at radius 3 is 2.60 bits per heavy atom. The number of fused-ring (bicyclic) bond motifs is 1. The van der Waals surface area contributed by atoms with Gasteiger partial charge in [0.25, 0.3) is 0 Å². The maximum atomic E-state index is 13.6. The fourth-order valence-corrected chi connectivity index (χ4v) is 5.41. The molecule has 158 valence electrons. The standard InChI is InChI=1S/C26H31NO3/c1-18-7-10-20(11-8-18)13-14-27-24(28)17-26(21-5-4-6-22(15-21)30-3)16-19(2)9-12-23(26)25(27)29/h4-8,10-11,15,19,23H,9,12-14,16-17H2,1-3H3. The van der Waals surface area contributed by atoms with Crippen molar-refractivity contribution in [3.63, 3.8) is 0 Å². The Labute approximate surface area is 179 Å². The van der Waals surface area contributed by atoms with Crippen LogP contribution in [-0.4, -0.2) is 30.4 Å². The Balaban J connectivity index is 1.61.